The molecule has 3 nitrogen and oxygen atoms in total. The first-order valence-corrected chi connectivity index (χ1v) is 4.92. The summed E-state index contributed by atoms with van der Waals surface area (Å²) in [5, 5.41) is 9.01. The Bertz CT molecular complexity index is 438. The van der Waals surface area contributed by atoms with Crippen molar-refractivity contribution in [3.63, 3.8) is 0 Å². The fourth-order valence-electron chi connectivity index (χ4n) is 0.998. The van der Waals surface area contributed by atoms with Crippen LogP contribution in [0.15, 0.2) is 12.1 Å². The van der Waals surface area contributed by atoms with Gasteiger partial charge in [-0.3, -0.25) is 0 Å². The number of halogens is 2. The average Bonchev–Trinajstić information content (AvgIpc) is 2.21. The third-order valence-electron chi connectivity index (χ3n) is 1.67. The van der Waals surface area contributed by atoms with Crippen molar-refractivity contribution in [2.75, 3.05) is 6.61 Å². The number of benzene rings is 1. The Balaban J connectivity index is 3.17. The summed E-state index contributed by atoms with van der Waals surface area (Å²) in [6.07, 6.45) is 0. The molecular weight excluding hydrogens is 237 g/mol. The van der Waals surface area contributed by atoms with E-state index in [4.69, 9.17) is 33.2 Å². The van der Waals surface area contributed by atoms with Gasteiger partial charge in [-0.05, 0) is 19.1 Å². The number of ether oxygens (including phenoxy) is 1. The zero-order valence-corrected chi connectivity index (χ0v) is 9.39. The van der Waals surface area contributed by atoms with Crippen molar-refractivity contribution in [3.8, 4) is 6.07 Å². The zero-order chi connectivity index (χ0) is 11.4. The van der Waals surface area contributed by atoms with E-state index in [0.717, 1.165) is 0 Å². The number of nitriles is 1. The van der Waals surface area contributed by atoms with Gasteiger partial charge in [0.1, 0.15) is 6.07 Å². The Hall–Kier alpha value is -1.24. The quantitative estimate of drug-likeness (QED) is 0.751. The minimum atomic E-state index is -0.547. The Morgan fingerprint density at radius 2 is 2.13 bits per heavy atom. The largest absolute Gasteiger partial charge is 0.462 e. The molecule has 0 aliphatic heterocycles. The molecule has 78 valence electrons. The summed E-state index contributed by atoms with van der Waals surface area (Å²) in [4.78, 5) is 11.4. The van der Waals surface area contributed by atoms with Gasteiger partial charge in [0.2, 0.25) is 0 Å². The van der Waals surface area contributed by atoms with Gasteiger partial charge in [0.25, 0.3) is 0 Å². The first kappa shape index (κ1) is 11.8. The number of hydrogen-bond acceptors (Lipinski definition) is 3. The molecule has 0 aromatic heterocycles. The minimum absolute atomic E-state index is 0.161. The molecule has 0 saturated heterocycles. The molecule has 0 amide bonds. The second-order valence-corrected chi connectivity index (χ2v) is 3.46. The van der Waals surface area contributed by atoms with Crippen molar-refractivity contribution < 1.29 is 9.53 Å². The first-order valence-electron chi connectivity index (χ1n) is 4.16. The lowest BCUT2D eigenvalue weighted by Crippen LogP contribution is -2.05. The highest BCUT2D eigenvalue weighted by Crippen LogP contribution is 2.25. The van der Waals surface area contributed by atoms with Crippen LogP contribution < -0.4 is 0 Å². The predicted octanol–water partition coefficient (Wildman–Crippen LogP) is 3.04. The summed E-state index contributed by atoms with van der Waals surface area (Å²) in [6.45, 7) is 1.95. The molecule has 0 bridgehead atoms. The molecule has 0 saturated carbocycles. The van der Waals surface area contributed by atoms with Gasteiger partial charge < -0.3 is 4.74 Å². The van der Waals surface area contributed by atoms with Crippen LogP contribution in [0.5, 0.6) is 0 Å². The van der Waals surface area contributed by atoms with E-state index in [9.17, 15) is 4.79 Å². The van der Waals surface area contributed by atoms with Crippen LogP contribution >= 0.6 is 23.2 Å². The SMILES string of the molecule is CCOC(=O)c1cc(Cl)c(C#N)cc1Cl. The lowest BCUT2D eigenvalue weighted by atomic mass is 10.1. The highest BCUT2D eigenvalue weighted by Gasteiger charge is 2.14. The van der Waals surface area contributed by atoms with Crippen molar-refractivity contribution in [1.29, 1.82) is 5.26 Å². The number of nitrogens with zero attached hydrogens (tertiary/aromatic N) is 1. The van der Waals surface area contributed by atoms with Crippen LogP contribution in [-0.4, -0.2) is 12.6 Å². The van der Waals surface area contributed by atoms with Crippen molar-refractivity contribution in [3.05, 3.63) is 33.3 Å². The lowest BCUT2D eigenvalue weighted by Gasteiger charge is -2.05. The smallest absolute Gasteiger partial charge is 0.339 e. The number of carbonyl (C=O) groups is 1. The molecule has 15 heavy (non-hydrogen) atoms. The Morgan fingerprint density at radius 1 is 1.47 bits per heavy atom. The molecule has 0 radical (unpaired) electrons. The number of esters is 1. The highest BCUT2D eigenvalue weighted by atomic mass is 35.5. The van der Waals surface area contributed by atoms with E-state index in [0.29, 0.717) is 0 Å². The van der Waals surface area contributed by atoms with Gasteiger partial charge in [0, 0.05) is 0 Å². The molecular formula is C10H7Cl2NO2. The first-order chi connectivity index (χ1) is 7.10. The molecule has 0 unspecified atom stereocenters. The Labute approximate surface area is 97.2 Å². The molecule has 0 aliphatic carbocycles. The number of hydrogen-bond donors (Lipinski definition) is 0. The van der Waals surface area contributed by atoms with Gasteiger partial charge in [-0.1, -0.05) is 23.2 Å². The van der Waals surface area contributed by atoms with E-state index in [1.165, 1.54) is 12.1 Å². The molecule has 0 N–H and O–H groups in total. The third-order valence-corrected chi connectivity index (χ3v) is 2.30. The molecule has 1 aromatic rings. The van der Waals surface area contributed by atoms with Crippen molar-refractivity contribution in [1.82, 2.24) is 0 Å². The molecule has 0 heterocycles. The van der Waals surface area contributed by atoms with Crippen molar-refractivity contribution in [2.45, 2.75) is 6.92 Å². The molecule has 0 aliphatic rings. The van der Waals surface area contributed by atoms with E-state index >= 15 is 0 Å². The van der Waals surface area contributed by atoms with E-state index in [1.54, 1.807) is 6.92 Å². The normalized spacial score (nSPS) is 9.47. The van der Waals surface area contributed by atoms with Crippen LogP contribution in [-0.2, 0) is 4.74 Å². The van der Waals surface area contributed by atoms with E-state index in [1.807, 2.05) is 6.07 Å². The molecule has 0 spiro atoms. The van der Waals surface area contributed by atoms with Crippen LogP contribution in [0.3, 0.4) is 0 Å². The van der Waals surface area contributed by atoms with E-state index in [-0.39, 0.29) is 27.8 Å². The summed E-state index contributed by atoms with van der Waals surface area (Å²) in [6, 6.07) is 4.54. The van der Waals surface area contributed by atoms with E-state index in [2.05, 4.69) is 0 Å². The summed E-state index contributed by atoms with van der Waals surface area (Å²) in [5.74, 6) is -0.547. The van der Waals surface area contributed by atoms with Crippen molar-refractivity contribution in [2.24, 2.45) is 0 Å². The standard InChI is InChI=1S/C10H7Cl2NO2/c1-2-15-10(14)7-4-8(11)6(5-13)3-9(7)12/h3-4H,2H2,1H3. The third kappa shape index (κ3) is 2.62. The average molecular weight is 244 g/mol. The van der Waals surface area contributed by atoms with Gasteiger partial charge in [-0.15, -0.1) is 0 Å². The monoisotopic (exact) mass is 243 g/mol. The van der Waals surface area contributed by atoms with Crippen LogP contribution in [0, 0.1) is 11.3 Å². The second-order valence-electron chi connectivity index (χ2n) is 2.64. The topological polar surface area (TPSA) is 50.1 Å². The predicted molar refractivity (Wildman–Crippen MR) is 57.1 cm³/mol. The molecule has 1 rings (SSSR count). The van der Waals surface area contributed by atoms with Gasteiger partial charge in [0.15, 0.2) is 0 Å². The Kier molecular flexibility index (Phi) is 3.96. The summed E-state index contributed by atoms with van der Waals surface area (Å²) in [7, 11) is 0. The van der Waals surface area contributed by atoms with Gasteiger partial charge in [-0.25, -0.2) is 4.79 Å². The minimum Gasteiger partial charge on any atom is -0.462 e. The fraction of sp³-hybridized carbons (Fsp3) is 0.200. The maximum atomic E-state index is 11.4. The summed E-state index contributed by atoms with van der Waals surface area (Å²) < 4.78 is 4.77. The molecule has 0 fully saturated rings. The molecule has 0 atom stereocenters. The highest BCUT2D eigenvalue weighted by molar-refractivity contribution is 6.36. The van der Waals surface area contributed by atoms with Crippen LogP contribution in [0.4, 0.5) is 0 Å². The fourth-order valence-corrected chi connectivity index (χ4v) is 1.44. The van der Waals surface area contributed by atoms with Crippen LogP contribution in [0.25, 0.3) is 0 Å². The summed E-state index contributed by atoms with van der Waals surface area (Å²) >= 11 is 11.6. The van der Waals surface area contributed by atoms with Crippen molar-refractivity contribution >= 4 is 29.2 Å². The zero-order valence-electron chi connectivity index (χ0n) is 7.88. The maximum Gasteiger partial charge on any atom is 0.339 e. The molecule has 1 aromatic carbocycles. The van der Waals surface area contributed by atoms with Gasteiger partial charge >= 0.3 is 5.97 Å². The van der Waals surface area contributed by atoms with Crippen LogP contribution in [0.1, 0.15) is 22.8 Å². The lowest BCUT2D eigenvalue weighted by molar-refractivity contribution is 0.0526. The van der Waals surface area contributed by atoms with Gasteiger partial charge in [0.05, 0.1) is 27.8 Å². The maximum absolute atomic E-state index is 11.4. The molecule has 5 heteroatoms. The van der Waals surface area contributed by atoms with Crippen LogP contribution in [0.2, 0.25) is 10.0 Å². The summed E-state index contributed by atoms with van der Waals surface area (Å²) in [5.41, 5.74) is 0.400. The second kappa shape index (κ2) is 5.01. The Morgan fingerprint density at radius 3 is 2.67 bits per heavy atom. The van der Waals surface area contributed by atoms with E-state index < -0.39 is 5.97 Å². The van der Waals surface area contributed by atoms with Gasteiger partial charge in [-0.2, -0.15) is 5.26 Å². The number of carbonyl (C=O) groups excluding carboxylic acids is 1. The number of rotatable bonds is 2.